The van der Waals surface area contributed by atoms with Gasteiger partial charge in [0, 0.05) is 29.4 Å². The van der Waals surface area contributed by atoms with E-state index in [1.165, 1.54) is 24.3 Å². The monoisotopic (exact) mass is 319 g/mol. The molecule has 0 spiro atoms. The Hall–Kier alpha value is -1.11. The van der Waals surface area contributed by atoms with Crippen molar-refractivity contribution in [3.8, 4) is 0 Å². The molecule has 0 saturated carbocycles. The number of amides is 1. The molecule has 5 nitrogen and oxygen atoms in total. The fraction of sp³-hybridized carbons (Fsp3) is 0.462. The maximum Gasteiger partial charge on any atom is 0.261 e. The van der Waals surface area contributed by atoms with Crippen molar-refractivity contribution in [2.75, 3.05) is 13.2 Å². The van der Waals surface area contributed by atoms with Gasteiger partial charge in [0.2, 0.25) is 0 Å². The molecule has 0 aliphatic heterocycles. The number of carbonyl (C=O) groups excluding carboxylic acids is 1. The van der Waals surface area contributed by atoms with E-state index in [1.54, 1.807) is 0 Å². The first kappa shape index (κ1) is 16.9. The van der Waals surface area contributed by atoms with Gasteiger partial charge in [-0.1, -0.05) is 6.07 Å². The van der Waals surface area contributed by atoms with E-state index in [0.717, 1.165) is 0 Å². The van der Waals surface area contributed by atoms with Gasteiger partial charge in [0.05, 0.1) is 10.5 Å². The summed E-state index contributed by atoms with van der Waals surface area (Å²) in [5.41, 5.74) is -0.250. The second-order valence-electron chi connectivity index (χ2n) is 4.84. The summed E-state index contributed by atoms with van der Waals surface area (Å²) in [5, 5.41) is 2.70. The highest BCUT2D eigenvalue weighted by Crippen LogP contribution is 2.16. The molecular formula is C13H18ClNO4S. The number of ether oxygens (including phenoxy) is 1. The van der Waals surface area contributed by atoms with Crippen molar-refractivity contribution in [1.82, 2.24) is 5.32 Å². The van der Waals surface area contributed by atoms with Crippen LogP contribution in [-0.2, 0) is 13.8 Å². The summed E-state index contributed by atoms with van der Waals surface area (Å²) >= 11 is 0. The van der Waals surface area contributed by atoms with Crippen LogP contribution >= 0.6 is 10.7 Å². The van der Waals surface area contributed by atoms with Crippen LogP contribution in [0.3, 0.4) is 0 Å². The van der Waals surface area contributed by atoms with Crippen molar-refractivity contribution in [3.63, 3.8) is 0 Å². The van der Waals surface area contributed by atoms with Gasteiger partial charge in [0.15, 0.2) is 0 Å². The third-order valence-corrected chi connectivity index (χ3v) is 3.94. The van der Waals surface area contributed by atoms with Crippen molar-refractivity contribution in [2.45, 2.75) is 31.3 Å². The van der Waals surface area contributed by atoms with E-state index in [0.29, 0.717) is 13.2 Å². The molecule has 0 aromatic heterocycles. The van der Waals surface area contributed by atoms with Gasteiger partial charge in [-0.25, -0.2) is 8.42 Å². The SMILES string of the molecule is CCOC(C)(C)CNC(=O)c1cccc(S(=O)(=O)Cl)c1. The molecule has 0 radical (unpaired) electrons. The molecule has 0 aliphatic rings. The van der Waals surface area contributed by atoms with Crippen LogP contribution in [0.15, 0.2) is 29.2 Å². The van der Waals surface area contributed by atoms with E-state index >= 15 is 0 Å². The predicted octanol–water partition coefficient (Wildman–Crippen LogP) is 2.16. The standard InChI is InChI=1S/C13H18ClNO4S/c1-4-19-13(2,3)9-15-12(16)10-6-5-7-11(8-10)20(14,17)18/h5-8H,4,9H2,1-3H3,(H,15,16). The summed E-state index contributed by atoms with van der Waals surface area (Å²) in [5.74, 6) is -0.375. The first-order chi connectivity index (χ1) is 9.15. The number of carbonyl (C=O) groups is 1. The normalized spacial score (nSPS) is 12.2. The van der Waals surface area contributed by atoms with Crippen molar-refractivity contribution in [2.24, 2.45) is 0 Å². The summed E-state index contributed by atoms with van der Waals surface area (Å²) in [7, 11) is 1.40. The highest BCUT2D eigenvalue weighted by atomic mass is 35.7. The molecule has 0 bridgehead atoms. The molecule has 7 heteroatoms. The molecule has 1 amide bonds. The second kappa shape index (κ2) is 6.56. The molecule has 1 aromatic rings. The van der Waals surface area contributed by atoms with Gasteiger partial charge < -0.3 is 10.1 Å². The van der Waals surface area contributed by atoms with E-state index in [-0.39, 0.29) is 16.4 Å². The molecule has 0 saturated heterocycles. The fourth-order valence-corrected chi connectivity index (χ4v) is 2.42. The molecule has 0 heterocycles. The maximum atomic E-state index is 12.0. The summed E-state index contributed by atoms with van der Waals surface area (Å²) < 4.78 is 27.9. The smallest absolute Gasteiger partial charge is 0.261 e. The summed E-state index contributed by atoms with van der Waals surface area (Å²) in [6.07, 6.45) is 0. The number of rotatable bonds is 6. The highest BCUT2D eigenvalue weighted by Gasteiger charge is 2.19. The molecule has 0 unspecified atom stereocenters. The minimum Gasteiger partial charge on any atom is -0.374 e. The van der Waals surface area contributed by atoms with Crippen LogP contribution in [0.5, 0.6) is 0 Å². The van der Waals surface area contributed by atoms with Gasteiger partial charge in [-0.2, -0.15) is 0 Å². The number of nitrogens with one attached hydrogen (secondary N) is 1. The Kier molecular flexibility index (Phi) is 5.56. The predicted molar refractivity (Wildman–Crippen MR) is 77.5 cm³/mol. The Morgan fingerprint density at radius 2 is 2.05 bits per heavy atom. The van der Waals surface area contributed by atoms with Gasteiger partial charge in [0.1, 0.15) is 0 Å². The quantitative estimate of drug-likeness (QED) is 0.816. The molecule has 1 N–H and O–H groups in total. The highest BCUT2D eigenvalue weighted by molar-refractivity contribution is 8.13. The second-order valence-corrected chi connectivity index (χ2v) is 7.41. The largest absolute Gasteiger partial charge is 0.374 e. The zero-order valence-corrected chi connectivity index (χ0v) is 13.2. The lowest BCUT2D eigenvalue weighted by atomic mass is 10.1. The Balaban J connectivity index is 2.79. The molecule has 1 rings (SSSR count). The topological polar surface area (TPSA) is 72.5 Å². The Labute approximate surface area is 123 Å². The number of benzene rings is 1. The minimum absolute atomic E-state index is 0.101. The first-order valence-electron chi connectivity index (χ1n) is 6.12. The van der Waals surface area contributed by atoms with E-state index < -0.39 is 14.7 Å². The van der Waals surface area contributed by atoms with E-state index in [9.17, 15) is 13.2 Å². The zero-order chi connectivity index (χ0) is 15.4. The van der Waals surface area contributed by atoms with Gasteiger partial charge in [0.25, 0.3) is 15.0 Å². The Morgan fingerprint density at radius 3 is 2.60 bits per heavy atom. The van der Waals surface area contributed by atoms with Crippen LogP contribution in [0, 0.1) is 0 Å². The minimum atomic E-state index is -3.84. The van der Waals surface area contributed by atoms with Crippen molar-refractivity contribution in [1.29, 1.82) is 0 Å². The summed E-state index contributed by atoms with van der Waals surface area (Å²) in [4.78, 5) is 11.9. The van der Waals surface area contributed by atoms with Crippen LogP contribution in [0.2, 0.25) is 0 Å². The lowest BCUT2D eigenvalue weighted by Gasteiger charge is -2.24. The molecular weight excluding hydrogens is 302 g/mol. The average Bonchev–Trinajstić information content (AvgIpc) is 2.35. The molecule has 0 aliphatic carbocycles. The lowest BCUT2D eigenvalue weighted by Crippen LogP contribution is -2.40. The maximum absolute atomic E-state index is 12.0. The van der Waals surface area contributed by atoms with Gasteiger partial charge in [-0.3, -0.25) is 4.79 Å². The van der Waals surface area contributed by atoms with Crippen LogP contribution in [-0.4, -0.2) is 33.1 Å². The number of hydrogen-bond acceptors (Lipinski definition) is 4. The third kappa shape index (κ3) is 5.11. The zero-order valence-electron chi connectivity index (χ0n) is 11.6. The van der Waals surface area contributed by atoms with Crippen LogP contribution in [0.1, 0.15) is 31.1 Å². The van der Waals surface area contributed by atoms with E-state index in [4.69, 9.17) is 15.4 Å². The molecule has 112 valence electrons. The van der Waals surface area contributed by atoms with Crippen LogP contribution in [0.25, 0.3) is 0 Å². The molecule has 20 heavy (non-hydrogen) atoms. The molecule has 0 fully saturated rings. The third-order valence-electron chi connectivity index (χ3n) is 2.59. The van der Waals surface area contributed by atoms with Crippen molar-refractivity contribution in [3.05, 3.63) is 29.8 Å². The van der Waals surface area contributed by atoms with Crippen LogP contribution < -0.4 is 5.32 Å². The average molecular weight is 320 g/mol. The van der Waals surface area contributed by atoms with Gasteiger partial charge in [-0.15, -0.1) is 0 Å². The van der Waals surface area contributed by atoms with E-state index in [1.807, 2.05) is 20.8 Å². The number of halogens is 1. The van der Waals surface area contributed by atoms with Crippen molar-refractivity contribution < 1.29 is 17.9 Å². The van der Waals surface area contributed by atoms with Gasteiger partial charge in [-0.05, 0) is 39.0 Å². The van der Waals surface area contributed by atoms with Crippen LogP contribution in [0.4, 0.5) is 0 Å². The molecule has 0 atom stereocenters. The number of hydrogen-bond donors (Lipinski definition) is 1. The van der Waals surface area contributed by atoms with E-state index in [2.05, 4.69) is 5.32 Å². The summed E-state index contributed by atoms with van der Waals surface area (Å²) in [6.45, 7) is 6.45. The summed E-state index contributed by atoms with van der Waals surface area (Å²) in [6, 6.07) is 5.57. The Bertz CT molecular complexity index is 584. The van der Waals surface area contributed by atoms with Gasteiger partial charge >= 0.3 is 0 Å². The molecule has 1 aromatic carbocycles. The lowest BCUT2D eigenvalue weighted by molar-refractivity contribution is -0.00815. The fourth-order valence-electron chi connectivity index (χ4n) is 1.63. The van der Waals surface area contributed by atoms with Crippen molar-refractivity contribution >= 4 is 25.6 Å². The Morgan fingerprint density at radius 1 is 1.40 bits per heavy atom. The first-order valence-corrected chi connectivity index (χ1v) is 8.43.